The van der Waals surface area contributed by atoms with E-state index in [9.17, 15) is 43.8 Å². The molecular weight excluding hydrogens is 941 g/mol. The van der Waals surface area contributed by atoms with Crippen molar-refractivity contribution in [1.29, 1.82) is 0 Å². The number of nitrogens with zero attached hydrogens (tertiary/aromatic N) is 3. The van der Waals surface area contributed by atoms with E-state index in [4.69, 9.17) is 19.3 Å². The minimum Gasteiger partial charge on any atom is -0.481 e. The molecule has 0 radical (unpaired) electrons. The summed E-state index contributed by atoms with van der Waals surface area (Å²) in [6.07, 6.45) is 4.14. The Labute approximate surface area is 433 Å². The molecule has 73 heavy (non-hydrogen) atoms. The van der Waals surface area contributed by atoms with E-state index < -0.39 is 90.5 Å². The van der Waals surface area contributed by atoms with E-state index in [-0.39, 0.29) is 60.7 Å². The minimum absolute atomic E-state index is 0.0434. The Balaban J connectivity index is 1.72. The van der Waals surface area contributed by atoms with Crippen molar-refractivity contribution in [2.24, 2.45) is 29.6 Å². The van der Waals surface area contributed by atoms with Crippen molar-refractivity contribution in [3.05, 3.63) is 48.0 Å². The average Bonchev–Trinajstić information content (AvgIpc) is 3.83. The van der Waals surface area contributed by atoms with Gasteiger partial charge in [-0.1, -0.05) is 91.3 Å². The largest absolute Gasteiger partial charge is 0.481 e. The van der Waals surface area contributed by atoms with Gasteiger partial charge in [-0.3, -0.25) is 33.7 Å². The highest BCUT2D eigenvalue weighted by molar-refractivity contribution is 5.92. The SMILES string of the molecule is CC[C@H](C)[C@@H]([C@@H](CC(=O)N1CCC[C@H]1[C@H](OC)[C@@H](C)C(=O)N[C@H](C)[C@@H](O)c1ccccc1)OC)N(C)C(=O)[C@@H](NC(=O)[C@H](C(C)C)N(C)C(=O)O[C@H]1/C=C/CC[C@@H](CNC(CCC(=O)O)C(=O)O)CC1)C(C)C. The van der Waals surface area contributed by atoms with Gasteiger partial charge >= 0.3 is 18.0 Å². The van der Waals surface area contributed by atoms with Gasteiger partial charge in [0.1, 0.15) is 24.2 Å². The quantitative estimate of drug-likeness (QED) is 0.0575. The fourth-order valence-corrected chi connectivity index (χ4v) is 10.3. The summed E-state index contributed by atoms with van der Waals surface area (Å²) in [6, 6.07) is 4.48. The van der Waals surface area contributed by atoms with E-state index >= 15 is 0 Å². The van der Waals surface area contributed by atoms with Gasteiger partial charge < -0.3 is 55.3 Å². The number of carboxylic acids is 2. The number of carboxylic acid groups (broad SMARTS) is 2. The van der Waals surface area contributed by atoms with Gasteiger partial charge in [-0.2, -0.15) is 0 Å². The number of carbonyl (C=O) groups excluding carboxylic acids is 5. The number of benzene rings is 1. The molecule has 3 rings (SSSR count). The lowest BCUT2D eigenvalue weighted by molar-refractivity contribution is -0.148. The maximum absolute atomic E-state index is 14.7. The van der Waals surface area contributed by atoms with Crippen LogP contribution in [0.15, 0.2) is 42.5 Å². The summed E-state index contributed by atoms with van der Waals surface area (Å²) in [5, 5.41) is 38.4. The highest BCUT2D eigenvalue weighted by atomic mass is 16.6. The molecule has 1 saturated heterocycles. The van der Waals surface area contributed by atoms with Crippen LogP contribution in [-0.2, 0) is 43.0 Å². The van der Waals surface area contributed by atoms with Crippen LogP contribution in [-0.4, -0.2) is 168 Å². The number of likely N-dealkylation sites (tertiary alicyclic amines) is 1. The molecule has 0 bridgehead atoms. The van der Waals surface area contributed by atoms with E-state index in [0.717, 1.165) is 6.42 Å². The van der Waals surface area contributed by atoms with Crippen LogP contribution in [0.5, 0.6) is 0 Å². The summed E-state index contributed by atoms with van der Waals surface area (Å²) in [5.41, 5.74) is 0.679. The number of nitrogens with one attached hydrogen (secondary N) is 3. The highest BCUT2D eigenvalue weighted by Crippen LogP contribution is 2.30. The first-order chi connectivity index (χ1) is 34.5. The van der Waals surface area contributed by atoms with Crippen molar-refractivity contribution in [2.75, 3.05) is 41.4 Å². The summed E-state index contributed by atoms with van der Waals surface area (Å²) in [7, 11) is 6.18. The second kappa shape index (κ2) is 30.3. The molecule has 1 aliphatic carbocycles. The lowest BCUT2D eigenvalue weighted by atomic mass is 9.89. The maximum Gasteiger partial charge on any atom is 0.410 e. The predicted molar refractivity (Wildman–Crippen MR) is 276 cm³/mol. The van der Waals surface area contributed by atoms with Crippen molar-refractivity contribution in [3.63, 3.8) is 0 Å². The van der Waals surface area contributed by atoms with Crippen LogP contribution in [0.3, 0.4) is 0 Å². The summed E-state index contributed by atoms with van der Waals surface area (Å²) in [6.45, 7) is 15.5. The lowest BCUT2D eigenvalue weighted by Gasteiger charge is -2.41. The van der Waals surface area contributed by atoms with E-state index in [2.05, 4.69) is 16.0 Å². The van der Waals surface area contributed by atoms with E-state index in [1.165, 1.54) is 26.2 Å². The summed E-state index contributed by atoms with van der Waals surface area (Å²) in [5.74, 6) is -5.16. The molecule has 1 aromatic rings. The van der Waals surface area contributed by atoms with Gasteiger partial charge in [0.25, 0.3) is 0 Å². The molecule has 2 aliphatic rings. The number of allylic oxidation sites excluding steroid dienone is 1. The van der Waals surface area contributed by atoms with Crippen LogP contribution < -0.4 is 16.0 Å². The summed E-state index contributed by atoms with van der Waals surface area (Å²) in [4.78, 5) is 98.1. The second-order valence-electron chi connectivity index (χ2n) is 20.9. The molecule has 412 valence electrons. The molecule has 19 nitrogen and oxygen atoms in total. The number of rotatable bonds is 28. The van der Waals surface area contributed by atoms with Crippen molar-refractivity contribution in [1.82, 2.24) is 30.7 Å². The highest BCUT2D eigenvalue weighted by Gasteiger charge is 2.44. The number of hydrogen-bond acceptors (Lipinski definition) is 12. The number of aliphatic hydroxyl groups is 1. The Morgan fingerprint density at radius 3 is 2.08 bits per heavy atom. The van der Waals surface area contributed by atoms with Gasteiger partial charge in [0.05, 0.1) is 48.8 Å². The van der Waals surface area contributed by atoms with E-state index in [1.807, 2.05) is 58.0 Å². The fraction of sp³-hybridized carbons (Fsp3) is 0.722. The van der Waals surface area contributed by atoms with Crippen molar-refractivity contribution >= 4 is 41.7 Å². The normalized spacial score (nSPS) is 21.7. The van der Waals surface area contributed by atoms with Gasteiger partial charge in [-0.05, 0) is 93.7 Å². The molecule has 1 heterocycles. The average molecular weight is 1030 g/mol. The topological polar surface area (TPSA) is 254 Å². The molecule has 1 aliphatic heterocycles. The summed E-state index contributed by atoms with van der Waals surface area (Å²) >= 11 is 0. The number of hydrogen-bond donors (Lipinski definition) is 6. The van der Waals surface area contributed by atoms with Crippen LogP contribution in [0.2, 0.25) is 0 Å². The number of aliphatic hydroxyl groups excluding tert-OH is 1. The zero-order valence-corrected chi connectivity index (χ0v) is 45.5. The third-order valence-electron chi connectivity index (χ3n) is 14.9. The molecular formula is C54H88N6O13. The van der Waals surface area contributed by atoms with Crippen LogP contribution in [0, 0.1) is 29.6 Å². The van der Waals surface area contributed by atoms with Gasteiger partial charge in [-0.25, -0.2) is 4.79 Å². The van der Waals surface area contributed by atoms with Crippen LogP contribution in [0.25, 0.3) is 0 Å². The zero-order chi connectivity index (χ0) is 54.7. The molecule has 0 saturated carbocycles. The Morgan fingerprint density at radius 1 is 0.836 bits per heavy atom. The van der Waals surface area contributed by atoms with Gasteiger partial charge in [-0.15, -0.1) is 0 Å². The number of amides is 5. The lowest BCUT2D eigenvalue weighted by Crippen LogP contribution is -2.60. The first-order valence-electron chi connectivity index (χ1n) is 26.2. The number of methoxy groups -OCH3 is 2. The third-order valence-corrected chi connectivity index (χ3v) is 14.9. The maximum atomic E-state index is 14.7. The molecule has 1 aromatic carbocycles. The molecule has 1 fully saturated rings. The molecule has 13 atom stereocenters. The van der Waals surface area contributed by atoms with Crippen molar-refractivity contribution in [2.45, 2.75) is 180 Å². The third kappa shape index (κ3) is 18.1. The molecule has 19 heteroatoms. The smallest absolute Gasteiger partial charge is 0.410 e. The Hall–Kier alpha value is -5.11. The van der Waals surface area contributed by atoms with E-state index in [1.54, 1.807) is 56.7 Å². The van der Waals surface area contributed by atoms with Crippen LogP contribution >= 0.6 is 0 Å². The minimum atomic E-state index is -1.12. The number of ether oxygens (including phenoxy) is 3. The van der Waals surface area contributed by atoms with E-state index in [0.29, 0.717) is 57.2 Å². The Bertz CT molecular complexity index is 1970. The second-order valence-corrected chi connectivity index (χ2v) is 20.9. The Morgan fingerprint density at radius 2 is 1.51 bits per heavy atom. The summed E-state index contributed by atoms with van der Waals surface area (Å²) < 4.78 is 18.0. The predicted octanol–water partition coefficient (Wildman–Crippen LogP) is 5.40. The molecule has 5 amide bonds. The van der Waals surface area contributed by atoms with Gasteiger partial charge in [0, 0.05) is 41.3 Å². The first kappa shape index (κ1) is 62.2. The van der Waals surface area contributed by atoms with Crippen LogP contribution in [0.1, 0.15) is 131 Å². The zero-order valence-electron chi connectivity index (χ0n) is 45.5. The monoisotopic (exact) mass is 1030 g/mol. The van der Waals surface area contributed by atoms with Crippen molar-refractivity contribution in [3.8, 4) is 0 Å². The number of aliphatic carboxylic acids is 2. The molecule has 6 N–H and O–H groups in total. The first-order valence-corrected chi connectivity index (χ1v) is 26.2. The fourth-order valence-electron chi connectivity index (χ4n) is 10.3. The van der Waals surface area contributed by atoms with Gasteiger partial charge in [0.15, 0.2) is 0 Å². The van der Waals surface area contributed by atoms with Crippen LogP contribution in [0.4, 0.5) is 4.79 Å². The Kier molecular flexibility index (Phi) is 25.8. The number of carbonyl (C=O) groups is 7. The van der Waals surface area contributed by atoms with Gasteiger partial charge in [0.2, 0.25) is 23.6 Å². The molecule has 1 unspecified atom stereocenters. The van der Waals surface area contributed by atoms with Crippen molar-refractivity contribution < 1.29 is 63.1 Å². The standard InChI is InChI=1S/C54H88N6O13/c1-13-34(6)47(42(71-11)30-43(61)60-29-19-24-41(60)49(72-12)35(7)50(65)56-36(8)48(64)38-21-15-14-16-22-38)58(9)52(67)45(32(2)3)57-51(66)46(33(4)5)59(10)54(70)73-39-23-18-17-20-37(25-26-39)31-55-40(53(68)69)27-28-44(62)63/h14-16,18,21-23,32-37,39-42,45-49,55,64H,13,17,19-20,24-31H2,1-12H3,(H,56,65)(H,57,66)(H,62,63)(H,68,69)/b23-18+/t34-,35+,36+,37+,39-,40?,41-,42+,45-,46-,47-,48+,49+/m0/s1. The molecule has 0 spiro atoms. The molecule has 0 aromatic heterocycles. The number of likely N-dealkylation sites (N-methyl/N-ethyl adjacent to an activating group) is 2.